The van der Waals surface area contributed by atoms with Crippen molar-refractivity contribution in [1.82, 2.24) is 14.8 Å². The molecule has 1 unspecified atom stereocenters. The van der Waals surface area contributed by atoms with Gasteiger partial charge in [0.2, 0.25) is 5.91 Å². The second-order valence-corrected chi connectivity index (χ2v) is 10.0. The van der Waals surface area contributed by atoms with Crippen molar-refractivity contribution in [2.75, 3.05) is 58.5 Å². The number of ether oxygens (including phenoxy) is 1. The van der Waals surface area contributed by atoms with E-state index in [1.165, 1.54) is 42.5 Å². The van der Waals surface area contributed by atoms with Crippen LogP contribution in [-0.4, -0.2) is 92.2 Å². The van der Waals surface area contributed by atoms with Crippen LogP contribution in [0, 0.1) is 17.2 Å². The van der Waals surface area contributed by atoms with Gasteiger partial charge in [-0.05, 0) is 63.1 Å². The number of aliphatic hydroxyl groups is 1. The number of nitrogens with zero attached hydrogens (tertiary/aromatic N) is 5. The topological polar surface area (TPSA) is 110 Å². The molecule has 0 aromatic carbocycles. The minimum absolute atomic E-state index is 0.192. The number of piperazine rings is 1. The number of hydrogen-bond acceptors (Lipinski definition) is 8. The molecule has 1 saturated heterocycles. The van der Waals surface area contributed by atoms with Crippen LogP contribution in [0.25, 0.3) is 0 Å². The zero-order chi connectivity index (χ0) is 26.2. The van der Waals surface area contributed by atoms with Gasteiger partial charge in [0.05, 0.1) is 24.6 Å². The Balaban J connectivity index is 0.000000674. The number of hydrogen-bond donors (Lipinski definition) is 1. The molecule has 36 heavy (non-hydrogen) atoms. The number of likely N-dealkylation sites (N-methyl/N-ethyl adjacent to an activating group) is 1. The summed E-state index contributed by atoms with van der Waals surface area (Å²) in [5.41, 5.74) is 4.55. The van der Waals surface area contributed by atoms with Gasteiger partial charge in [-0.25, -0.2) is 4.98 Å². The summed E-state index contributed by atoms with van der Waals surface area (Å²) >= 11 is 0. The van der Waals surface area contributed by atoms with Crippen LogP contribution in [0.4, 0.5) is 5.82 Å². The monoisotopic (exact) mass is 499 g/mol. The fraction of sp³-hybridized carbons (Fsp3) is 0.704. The lowest BCUT2D eigenvalue weighted by Crippen LogP contribution is -2.56. The van der Waals surface area contributed by atoms with Gasteiger partial charge >= 0.3 is 0 Å². The van der Waals surface area contributed by atoms with E-state index < -0.39 is 0 Å². The first-order valence-corrected chi connectivity index (χ1v) is 13.1. The van der Waals surface area contributed by atoms with Crippen molar-refractivity contribution in [1.29, 1.82) is 5.26 Å². The largest absolute Gasteiger partial charge is 0.397 e. The smallest absolute Gasteiger partial charge is 0.225 e. The Morgan fingerprint density at radius 3 is 2.47 bits per heavy atom. The zero-order valence-electron chi connectivity index (χ0n) is 22.0. The van der Waals surface area contributed by atoms with Crippen LogP contribution in [0.1, 0.15) is 67.3 Å². The van der Waals surface area contributed by atoms with Gasteiger partial charge in [0.1, 0.15) is 18.7 Å². The van der Waals surface area contributed by atoms with Crippen molar-refractivity contribution in [3.63, 3.8) is 0 Å². The first-order valence-electron chi connectivity index (χ1n) is 13.1. The summed E-state index contributed by atoms with van der Waals surface area (Å²) in [6, 6.07) is 2.74. The summed E-state index contributed by atoms with van der Waals surface area (Å²) in [6.45, 7) is 8.48. The molecule has 1 amide bonds. The van der Waals surface area contributed by atoms with Crippen molar-refractivity contribution >= 4 is 18.5 Å². The number of aliphatic hydroxyl groups excluding tert-OH is 1. The molecule has 0 radical (unpaired) electrons. The molecule has 2 saturated carbocycles. The van der Waals surface area contributed by atoms with E-state index in [-0.39, 0.29) is 18.6 Å². The number of anilines is 1. The zero-order valence-corrected chi connectivity index (χ0v) is 22.0. The molecule has 198 valence electrons. The summed E-state index contributed by atoms with van der Waals surface area (Å²) in [5.74, 6) is 2.21. The number of fused-ring (bicyclic) bond motifs is 1. The van der Waals surface area contributed by atoms with Gasteiger partial charge < -0.3 is 29.3 Å². The number of carbonyl (C=O) groups excluding carboxylic acids is 2. The molecule has 1 atom stereocenters. The Morgan fingerprint density at radius 2 is 1.89 bits per heavy atom. The summed E-state index contributed by atoms with van der Waals surface area (Å²) in [6.07, 6.45) is 6.24. The number of amides is 1. The maximum atomic E-state index is 12.8. The summed E-state index contributed by atoms with van der Waals surface area (Å²) in [5, 5.41) is 17.7. The second kappa shape index (κ2) is 13.1. The number of rotatable bonds is 6. The number of methoxy groups -OCH3 is 1. The number of pyridine rings is 1. The van der Waals surface area contributed by atoms with E-state index in [1.54, 1.807) is 14.0 Å². The average Bonchev–Trinajstić information content (AvgIpc) is 3.81. The summed E-state index contributed by atoms with van der Waals surface area (Å²) in [4.78, 5) is 32.7. The number of aromatic nitrogens is 1. The van der Waals surface area contributed by atoms with Crippen LogP contribution in [0.2, 0.25) is 0 Å². The quantitative estimate of drug-likeness (QED) is 0.634. The number of nitriles is 1. The lowest BCUT2D eigenvalue weighted by atomic mass is 9.92. The maximum absolute atomic E-state index is 12.8. The third-order valence-electron chi connectivity index (χ3n) is 7.40. The van der Waals surface area contributed by atoms with Gasteiger partial charge in [-0.3, -0.25) is 4.79 Å². The maximum Gasteiger partial charge on any atom is 0.225 e. The molecule has 1 aromatic rings. The molecule has 1 N–H and O–H groups in total. The molecule has 0 bridgehead atoms. The highest BCUT2D eigenvalue weighted by Crippen LogP contribution is 2.45. The molecule has 3 fully saturated rings. The van der Waals surface area contributed by atoms with E-state index in [9.17, 15) is 10.1 Å². The molecule has 2 aliphatic heterocycles. The van der Waals surface area contributed by atoms with Crippen LogP contribution in [0.15, 0.2) is 0 Å². The summed E-state index contributed by atoms with van der Waals surface area (Å²) in [7, 11) is 3.78. The molecule has 0 spiro atoms. The molecule has 4 aliphatic rings. The van der Waals surface area contributed by atoms with Crippen molar-refractivity contribution < 1.29 is 19.4 Å². The van der Waals surface area contributed by atoms with E-state index >= 15 is 0 Å². The molecule has 1 aromatic heterocycles. The van der Waals surface area contributed by atoms with Crippen molar-refractivity contribution in [3.05, 3.63) is 22.4 Å². The molecule has 9 heteroatoms. The van der Waals surface area contributed by atoms with Crippen LogP contribution >= 0.6 is 0 Å². The molecular weight excluding hydrogens is 458 g/mol. The first-order chi connectivity index (χ1) is 17.5. The third-order valence-corrected chi connectivity index (χ3v) is 7.40. The van der Waals surface area contributed by atoms with Gasteiger partial charge in [-0.15, -0.1) is 0 Å². The highest BCUT2D eigenvalue weighted by atomic mass is 16.5. The molecule has 3 heterocycles. The molecule has 2 aliphatic carbocycles. The lowest BCUT2D eigenvalue weighted by molar-refractivity contribution is -0.135. The normalized spacial score (nSPS) is 21.4. The Labute approximate surface area is 215 Å². The average molecular weight is 500 g/mol. The highest BCUT2D eigenvalue weighted by molar-refractivity contribution is 5.77. The SMILES string of the molecule is C=O.CCO.COCCC(=O)N1CCN(c2nc(C3CC3)c3c(c2C#N)CN(C)CC3)CC1C1CC1. The minimum Gasteiger partial charge on any atom is -0.397 e. The molecule has 5 rings (SSSR count). The van der Waals surface area contributed by atoms with Crippen molar-refractivity contribution in [2.24, 2.45) is 5.92 Å². The fourth-order valence-corrected chi connectivity index (χ4v) is 5.35. The molecule has 9 nitrogen and oxygen atoms in total. The third kappa shape index (κ3) is 6.41. The minimum atomic E-state index is 0.192. The van der Waals surface area contributed by atoms with Gasteiger partial charge in [-0.2, -0.15) is 5.26 Å². The van der Waals surface area contributed by atoms with Crippen LogP contribution in [-0.2, 0) is 27.3 Å². The standard InChI is InChI=1S/C24H33N5O2.C2H6O.CH2O/c1-27-9-7-18-20(14-27)19(13-25)24(26-23(18)17-5-6-17)28-10-11-29(22(30)8-12-31-2)21(15-28)16-3-4-16;1-2-3;1-2/h16-17,21H,3-12,14-15H2,1-2H3;3H,2H2,1H3;1H2. The second-order valence-electron chi connectivity index (χ2n) is 10.0. The van der Waals surface area contributed by atoms with Gasteiger partial charge in [0, 0.05) is 58.1 Å². The van der Waals surface area contributed by atoms with E-state index in [0.717, 1.165) is 44.0 Å². The van der Waals surface area contributed by atoms with E-state index in [2.05, 4.69) is 27.8 Å². The Hall–Kier alpha value is -2.54. The molecular formula is C27H41N5O4. The van der Waals surface area contributed by atoms with Gasteiger partial charge in [-0.1, -0.05) is 0 Å². The first kappa shape index (κ1) is 28.0. The predicted octanol–water partition coefficient (Wildman–Crippen LogP) is 2.10. The van der Waals surface area contributed by atoms with Crippen LogP contribution in [0.3, 0.4) is 0 Å². The fourth-order valence-electron chi connectivity index (χ4n) is 5.35. The summed E-state index contributed by atoms with van der Waals surface area (Å²) < 4.78 is 5.13. The van der Waals surface area contributed by atoms with Crippen molar-refractivity contribution in [2.45, 2.75) is 64.0 Å². The Kier molecular flexibility index (Phi) is 10.2. The Bertz CT molecular complexity index is 941. The highest BCUT2D eigenvalue weighted by Gasteiger charge is 2.42. The van der Waals surface area contributed by atoms with E-state index in [1.807, 2.05) is 6.79 Å². The van der Waals surface area contributed by atoms with E-state index in [4.69, 9.17) is 19.6 Å². The van der Waals surface area contributed by atoms with E-state index in [0.29, 0.717) is 31.4 Å². The van der Waals surface area contributed by atoms with Crippen molar-refractivity contribution in [3.8, 4) is 6.07 Å². The number of carbonyl (C=O) groups is 2. The van der Waals surface area contributed by atoms with Gasteiger partial charge in [0.25, 0.3) is 0 Å². The van der Waals surface area contributed by atoms with Crippen LogP contribution < -0.4 is 4.90 Å². The van der Waals surface area contributed by atoms with Gasteiger partial charge in [0.15, 0.2) is 0 Å². The van der Waals surface area contributed by atoms with Crippen LogP contribution in [0.5, 0.6) is 0 Å². The predicted molar refractivity (Wildman–Crippen MR) is 138 cm³/mol. The Morgan fingerprint density at radius 1 is 1.19 bits per heavy atom. The lowest BCUT2D eigenvalue weighted by Gasteiger charge is -2.43.